The molecule has 2 rings (SSSR count). The lowest BCUT2D eigenvalue weighted by Crippen LogP contribution is -2.11. The number of benzene rings is 2. The Kier molecular flexibility index (Phi) is 4.07. The molecule has 0 atom stereocenters. The lowest BCUT2D eigenvalue weighted by Gasteiger charge is -2.10. The summed E-state index contributed by atoms with van der Waals surface area (Å²) in [5.41, 5.74) is 8.76. The van der Waals surface area contributed by atoms with Gasteiger partial charge in [0.25, 0.3) is 0 Å². The molecule has 0 saturated heterocycles. The number of rotatable bonds is 4. The monoisotopic (exact) mass is 274 g/mol. The number of hydrogen-bond donors (Lipinski definition) is 2. The van der Waals surface area contributed by atoms with Gasteiger partial charge in [0.2, 0.25) is 5.91 Å². The number of carbonyl (C=O) groups excluding carboxylic acids is 1. The van der Waals surface area contributed by atoms with Gasteiger partial charge in [-0.05, 0) is 30.7 Å². The Morgan fingerprint density at radius 2 is 2.05 bits per heavy atom. The number of nitrogens with two attached hydrogens (primary N) is 1. The molecule has 0 aliphatic heterocycles. The Bertz CT molecular complexity index is 611. The summed E-state index contributed by atoms with van der Waals surface area (Å²) in [6.45, 7) is 2.69. The van der Waals surface area contributed by atoms with Crippen LogP contribution in [0.15, 0.2) is 42.5 Å². The summed E-state index contributed by atoms with van der Waals surface area (Å²) in [6, 6.07) is 13.1. The van der Waals surface area contributed by atoms with E-state index in [9.17, 15) is 4.79 Å². The predicted molar refractivity (Wildman–Crippen MR) is 78.5 cm³/mol. The summed E-state index contributed by atoms with van der Waals surface area (Å²) >= 11 is 6.08. The van der Waals surface area contributed by atoms with Gasteiger partial charge in [-0.15, -0.1) is 0 Å². The fraction of sp³-hybridized carbons (Fsp3) is 0.133. The molecule has 0 aliphatic rings. The van der Waals surface area contributed by atoms with Gasteiger partial charge in [-0.1, -0.05) is 41.4 Å². The van der Waals surface area contributed by atoms with Crippen molar-refractivity contribution >= 4 is 23.2 Å². The third-order valence-electron chi connectivity index (χ3n) is 2.82. The van der Waals surface area contributed by atoms with Crippen molar-refractivity contribution in [1.82, 2.24) is 0 Å². The summed E-state index contributed by atoms with van der Waals surface area (Å²) in [6.07, 6.45) is 0. The average Bonchev–Trinajstić information content (AvgIpc) is 2.37. The van der Waals surface area contributed by atoms with Crippen molar-refractivity contribution in [2.75, 3.05) is 5.32 Å². The first-order chi connectivity index (χ1) is 9.06. The number of nitrogens with one attached hydrogen (secondary N) is 1. The molecule has 0 fully saturated rings. The lowest BCUT2D eigenvalue weighted by molar-refractivity contribution is 0.100. The van der Waals surface area contributed by atoms with Gasteiger partial charge in [-0.3, -0.25) is 4.79 Å². The molecule has 1 amide bonds. The SMILES string of the molecule is Cc1cccc(CNc2cc(C(N)=O)ccc2Cl)c1. The average molecular weight is 275 g/mol. The standard InChI is InChI=1S/C15H15ClN2O/c1-10-3-2-4-11(7-10)9-18-14-8-12(15(17)19)5-6-13(14)16/h2-8,18H,9H2,1H3,(H2,17,19). The third-order valence-corrected chi connectivity index (χ3v) is 3.15. The number of carbonyl (C=O) groups is 1. The molecular weight excluding hydrogens is 260 g/mol. The van der Waals surface area contributed by atoms with E-state index in [4.69, 9.17) is 17.3 Å². The number of hydrogen-bond acceptors (Lipinski definition) is 2. The minimum absolute atomic E-state index is 0.441. The molecule has 0 bridgehead atoms. The van der Waals surface area contributed by atoms with Gasteiger partial charge in [0.15, 0.2) is 0 Å². The molecule has 19 heavy (non-hydrogen) atoms. The first-order valence-corrected chi connectivity index (χ1v) is 6.33. The van der Waals surface area contributed by atoms with Gasteiger partial charge in [0.05, 0.1) is 10.7 Å². The first kappa shape index (κ1) is 13.4. The Labute approximate surface area is 117 Å². The molecule has 0 heterocycles. The van der Waals surface area contributed by atoms with E-state index in [0.717, 1.165) is 5.56 Å². The molecule has 0 radical (unpaired) electrons. The van der Waals surface area contributed by atoms with Crippen molar-refractivity contribution in [2.24, 2.45) is 5.73 Å². The Hall–Kier alpha value is -2.00. The molecule has 4 heteroatoms. The quantitative estimate of drug-likeness (QED) is 0.898. The van der Waals surface area contributed by atoms with Crippen LogP contribution in [0, 0.1) is 6.92 Å². The van der Waals surface area contributed by atoms with Crippen molar-refractivity contribution in [3.05, 3.63) is 64.2 Å². The van der Waals surface area contributed by atoms with Crippen LogP contribution >= 0.6 is 11.6 Å². The zero-order valence-electron chi connectivity index (χ0n) is 10.6. The van der Waals surface area contributed by atoms with Gasteiger partial charge >= 0.3 is 0 Å². The van der Waals surface area contributed by atoms with Gasteiger partial charge in [0.1, 0.15) is 0 Å². The molecule has 2 aromatic carbocycles. The highest BCUT2D eigenvalue weighted by atomic mass is 35.5. The van der Waals surface area contributed by atoms with Crippen LogP contribution in [0.5, 0.6) is 0 Å². The smallest absolute Gasteiger partial charge is 0.248 e. The molecule has 0 aliphatic carbocycles. The number of amides is 1. The van der Waals surface area contributed by atoms with Crippen LogP contribution in [0.1, 0.15) is 21.5 Å². The van der Waals surface area contributed by atoms with E-state index in [2.05, 4.69) is 11.4 Å². The van der Waals surface area contributed by atoms with Crippen LogP contribution in [0.4, 0.5) is 5.69 Å². The van der Waals surface area contributed by atoms with E-state index >= 15 is 0 Å². The van der Waals surface area contributed by atoms with Crippen molar-refractivity contribution in [3.63, 3.8) is 0 Å². The largest absolute Gasteiger partial charge is 0.380 e. The highest BCUT2D eigenvalue weighted by Crippen LogP contribution is 2.23. The van der Waals surface area contributed by atoms with E-state index in [-0.39, 0.29) is 0 Å². The zero-order chi connectivity index (χ0) is 13.8. The normalized spacial score (nSPS) is 10.2. The van der Waals surface area contributed by atoms with Crippen LogP contribution in [-0.4, -0.2) is 5.91 Å². The summed E-state index contributed by atoms with van der Waals surface area (Å²) < 4.78 is 0. The molecule has 3 nitrogen and oxygen atoms in total. The van der Waals surface area contributed by atoms with Crippen molar-refractivity contribution in [2.45, 2.75) is 13.5 Å². The zero-order valence-corrected chi connectivity index (χ0v) is 11.4. The summed E-state index contributed by atoms with van der Waals surface area (Å²) in [7, 11) is 0. The van der Waals surface area contributed by atoms with E-state index in [1.807, 2.05) is 25.1 Å². The third kappa shape index (κ3) is 3.48. The minimum atomic E-state index is -0.463. The second-order valence-corrected chi connectivity index (χ2v) is 4.81. The second-order valence-electron chi connectivity index (χ2n) is 4.40. The summed E-state index contributed by atoms with van der Waals surface area (Å²) in [5.74, 6) is -0.463. The number of aryl methyl sites for hydroxylation is 1. The fourth-order valence-electron chi connectivity index (χ4n) is 1.83. The number of anilines is 1. The van der Waals surface area contributed by atoms with Gasteiger partial charge in [0, 0.05) is 12.1 Å². The Morgan fingerprint density at radius 1 is 1.26 bits per heavy atom. The number of halogens is 1. The number of primary amides is 1. The van der Waals surface area contributed by atoms with Crippen LogP contribution in [0.3, 0.4) is 0 Å². The summed E-state index contributed by atoms with van der Waals surface area (Å²) in [5, 5.41) is 3.78. The molecular formula is C15H15ClN2O. The molecule has 2 aromatic rings. The van der Waals surface area contributed by atoms with Gasteiger partial charge in [-0.25, -0.2) is 0 Å². The maximum Gasteiger partial charge on any atom is 0.248 e. The Morgan fingerprint density at radius 3 is 2.74 bits per heavy atom. The van der Waals surface area contributed by atoms with Crippen molar-refractivity contribution in [3.8, 4) is 0 Å². The van der Waals surface area contributed by atoms with Gasteiger partial charge in [-0.2, -0.15) is 0 Å². The molecule has 98 valence electrons. The fourth-order valence-corrected chi connectivity index (χ4v) is 2.02. The summed E-state index contributed by atoms with van der Waals surface area (Å²) in [4.78, 5) is 11.1. The van der Waals surface area contributed by atoms with E-state index < -0.39 is 5.91 Å². The van der Waals surface area contributed by atoms with Crippen LogP contribution in [0.25, 0.3) is 0 Å². The maximum absolute atomic E-state index is 11.1. The lowest BCUT2D eigenvalue weighted by atomic mass is 10.1. The highest BCUT2D eigenvalue weighted by Gasteiger charge is 2.05. The van der Waals surface area contributed by atoms with Crippen LogP contribution in [0.2, 0.25) is 5.02 Å². The Balaban J connectivity index is 2.15. The molecule has 3 N–H and O–H groups in total. The van der Waals surface area contributed by atoms with Crippen LogP contribution in [-0.2, 0) is 6.54 Å². The molecule has 0 unspecified atom stereocenters. The van der Waals surface area contributed by atoms with Crippen molar-refractivity contribution in [1.29, 1.82) is 0 Å². The second kappa shape index (κ2) is 5.76. The molecule has 0 saturated carbocycles. The van der Waals surface area contributed by atoms with Crippen LogP contribution < -0.4 is 11.1 Å². The highest BCUT2D eigenvalue weighted by molar-refractivity contribution is 6.33. The van der Waals surface area contributed by atoms with E-state index in [1.54, 1.807) is 18.2 Å². The maximum atomic E-state index is 11.1. The van der Waals surface area contributed by atoms with E-state index in [1.165, 1.54) is 5.56 Å². The predicted octanol–water partition coefficient (Wildman–Crippen LogP) is 3.36. The van der Waals surface area contributed by atoms with E-state index in [0.29, 0.717) is 22.8 Å². The minimum Gasteiger partial charge on any atom is -0.380 e. The topological polar surface area (TPSA) is 55.1 Å². The molecule has 0 spiro atoms. The van der Waals surface area contributed by atoms with Crippen molar-refractivity contribution < 1.29 is 4.79 Å². The van der Waals surface area contributed by atoms with Gasteiger partial charge < -0.3 is 11.1 Å². The molecule has 0 aromatic heterocycles. The first-order valence-electron chi connectivity index (χ1n) is 5.95.